The summed E-state index contributed by atoms with van der Waals surface area (Å²) in [5.74, 6) is -0.267. The summed E-state index contributed by atoms with van der Waals surface area (Å²) in [6, 6.07) is 20.8. The molecule has 1 amide bonds. The first-order valence-corrected chi connectivity index (χ1v) is 10.3. The highest BCUT2D eigenvalue weighted by molar-refractivity contribution is 6.42. The van der Waals surface area contributed by atoms with Gasteiger partial charge in [-0.1, -0.05) is 71.2 Å². The van der Waals surface area contributed by atoms with Crippen LogP contribution in [0.3, 0.4) is 0 Å². The van der Waals surface area contributed by atoms with Gasteiger partial charge in [-0.2, -0.15) is 0 Å². The topological polar surface area (TPSA) is 46.9 Å². The number of hydrogen-bond donors (Lipinski definition) is 1. The minimum atomic E-state index is -0.267. The zero-order valence-corrected chi connectivity index (χ0v) is 17.9. The van der Waals surface area contributed by atoms with E-state index in [4.69, 9.17) is 34.8 Å². The lowest BCUT2D eigenvalue weighted by Crippen LogP contribution is -2.25. The fraction of sp³-hybridized carbons (Fsp3) is 0.0435. The van der Waals surface area contributed by atoms with Crippen LogP contribution in [0.15, 0.2) is 79.3 Å². The number of aromatic nitrogens is 2. The molecule has 0 bridgehead atoms. The zero-order valence-electron chi connectivity index (χ0n) is 15.6. The third-order valence-corrected chi connectivity index (χ3v) is 5.72. The summed E-state index contributed by atoms with van der Waals surface area (Å²) < 4.78 is 1.74. The molecule has 30 heavy (non-hydrogen) atoms. The molecule has 0 aliphatic rings. The summed E-state index contributed by atoms with van der Waals surface area (Å²) in [5, 5.41) is 4.42. The number of benzene rings is 3. The fourth-order valence-corrected chi connectivity index (χ4v) is 3.70. The molecule has 0 saturated heterocycles. The first-order valence-electron chi connectivity index (χ1n) is 9.13. The number of imidazole rings is 1. The van der Waals surface area contributed by atoms with Crippen LogP contribution in [0.1, 0.15) is 16.1 Å². The van der Waals surface area contributed by atoms with E-state index in [9.17, 15) is 4.79 Å². The van der Waals surface area contributed by atoms with Crippen molar-refractivity contribution in [1.82, 2.24) is 14.9 Å². The van der Waals surface area contributed by atoms with Crippen molar-refractivity contribution in [2.75, 3.05) is 0 Å². The molecule has 0 fully saturated rings. The van der Waals surface area contributed by atoms with Crippen LogP contribution < -0.4 is 5.32 Å². The standard InChI is InChI=1S/C23H16Cl3N3O/c24-18-7-1-4-15(10-18)16-5-2-8-19(11-16)29-14-27-13-21(29)23(30)28-12-17-6-3-9-20(25)22(17)26/h1-11,13-14H,12H2,(H,28,30). The number of nitrogens with one attached hydrogen (secondary N) is 1. The van der Waals surface area contributed by atoms with Crippen molar-refractivity contribution in [3.05, 3.63) is 106 Å². The molecule has 0 spiro atoms. The molecule has 0 radical (unpaired) electrons. The molecule has 4 nitrogen and oxygen atoms in total. The number of hydrogen-bond acceptors (Lipinski definition) is 2. The van der Waals surface area contributed by atoms with Gasteiger partial charge in [0, 0.05) is 17.3 Å². The van der Waals surface area contributed by atoms with Gasteiger partial charge < -0.3 is 5.32 Å². The van der Waals surface area contributed by atoms with Crippen molar-refractivity contribution in [2.24, 2.45) is 0 Å². The van der Waals surface area contributed by atoms with Crippen LogP contribution in [0.2, 0.25) is 15.1 Å². The van der Waals surface area contributed by atoms with Gasteiger partial charge in [0.25, 0.3) is 5.91 Å². The number of nitrogens with zero attached hydrogens (tertiary/aromatic N) is 2. The summed E-state index contributed by atoms with van der Waals surface area (Å²) in [7, 11) is 0. The molecule has 0 atom stereocenters. The Labute approximate surface area is 189 Å². The highest BCUT2D eigenvalue weighted by atomic mass is 35.5. The Bertz CT molecular complexity index is 1220. The Hall–Kier alpha value is -2.79. The maximum Gasteiger partial charge on any atom is 0.270 e. The van der Waals surface area contributed by atoms with Gasteiger partial charge in [0.2, 0.25) is 0 Å². The van der Waals surface area contributed by atoms with Gasteiger partial charge in [0.1, 0.15) is 5.69 Å². The van der Waals surface area contributed by atoms with Gasteiger partial charge in [0.15, 0.2) is 0 Å². The van der Waals surface area contributed by atoms with Gasteiger partial charge in [-0.15, -0.1) is 0 Å². The lowest BCUT2D eigenvalue weighted by molar-refractivity contribution is 0.0944. The number of rotatable bonds is 5. The Morgan fingerprint density at radius 2 is 1.67 bits per heavy atom. The van der Waals surface area contributed by atoms with E-state index >= 15 is 0 Å². The second-order valence-electron chi connectivity index (χ2n) is 6.61. The summed E-state index contributed by atoms with van der Waals surface area (Å²) in [6.07, 6.45) is 3.14. The van der Waals surface area contributed by atoms with E-state index in [-0.39, 0.29) is 12.5 Å². The van der Waals surface area contributed by atoms with E-state index in [0.29, 0.717) is 20.8 Å². The third kappa shape index (κ3) is 4.36. The SMILES string of the molecule is O=C(NCc1cccc(Cl)c1Cl)c1cncn1-c1cccc(-c2cccc(Cl)c2)c1. The minimum absolute atomic E-state index is 0.256. The Morgan fingerprint density at radius 3 is 2.47 bits per heavy atom. The molecule has 0 aliphatic heterocycles. The number of amides is 1. The van der Waals surface area contributed by atoms with Gasteiger partial charge in [0.05, 0.1) is 22.6 Å². The van der Waals surface area contributed by atoms with Crippen molar-refractivity contribution in [1.29, 1.82) is 0 Å². The van der Waals surface area contributed by atoms with E-state index in [0.717, 1.165) is 22.4 Å². The molecule has 4 rings (SSSR count). The highest BCUT2D eigenvalue weighted by Gasteiger charge is 2.14. The van der Waals surface area contributed by atoms with Crippen molar-refractivity contribution >= 4 is 40.7 Å². The molecule has 1 N–H and O–H groups in total. The second-order valence-corrected chi connectivity index (χ2v) is 7.83. The maximum absolute atomic E-state index is 12.8. The normalized spacial score (nSPS) is 10.8. The number of halogens is 3. The van der Waals surface area contributed by atoms with Gasteiger partial charge >= 0.3 is 0 Å². The molecule has 7 heteroatoms. The average Bonchev–Trinajstić information content (AvgIpc) is 3.25. The molecule has 150 valence electrons. The monoisotopic (exact) mass is 455 g/mol. The molecule has 0 aliphatic carbocycles. The van der Waals surface area contributed by atoms with Crippen LogP contribution in [0.4, 0.5) is 0 Å². The predicted molar refractivity (Wildman–Crippen MR) is 122 cm³/mol. The first-order chi connectivity index (χ1) is 14.5. The van der Waals surface area contributed by atoms with Crippen LogP contribution in [-0.4, -0.2) is 15.5 Å². The van der Waals surface area contributed by atoms with E-state index in [1.54, 1.807) is 23.0 Å². The Balaban J connectivity index is 1.58. The first kappa shape index (κ1) is 20.5. The molecular weight excluding hydrogens is 441 g/mol. The van der Waals surface area contributed by atoms with Crippen LogP contribution >= 0.6 is 34.8 Å². The Morgan fingerprint density at radius 1 is 0.933 bits per heavy atom. The van der Waals surface area contributed by atoms with E-state index < -0.39 is 0 Å². The summed E-state index contributed by atoms with van der Waals surface area (Å²) in [4.78, 5) is 17.0. The van der Waals surface area contributed by atoms with Crippen LogP contribution in [0, 0.1) is 0 Å². The van der Waals surface area contributed by atoms with E-state index in [2.05, 4.69) is 10.3 Å². The van der Waals surface area contributed by atoms with E-state index in [1.165, 1.54) is 6.20 Å². The second kappa shape index (κ2) is 8.92. The molecule has 0 unspecified atom stereocenters. The number of carbonyl (C=O) groups excluding carboxylic acids is 1. The fourth-order valence-electron chi connectivity index (χ4n) is 3.12. The highest BCUT2D eigenvalue weighted by Crippen LogP contribution is 2.26. The van der Waals surface area contributed by atoms with Crippen LogP contribution in [-0.2, 0) is 6.54 Å². The van der Waals surface area contributed by atoms with Gasteiger partial charge in [-0.05, 0) is 47.0 Å². The molecular formula is C23H16Cl3N3O. The largest absolute Gasteiger partial charge is 0.347 e. The van der Waals surface area contributed by atoms with Gasteiger partial charge in [-0.25, -0.2) is 4.98 Å². The average molecular weight is 457 g/mol. The zero-order chi connectivity index (χ0) is 21.1. The minimum Gasteiger partial charge on any atom is -0.347 e. The van der Waals surface area contributed by atoms with Crippen molar-refractivity contribution in [3.8, 4) is 16.8 Å². The summed E-state index contributed by atoms with van der Waals surface area (Å²) in [5.41, 5.74) is 3.95. The molecule has 1 aromatic heterocycles. The van der Waals surface area contributed by atoms with Gasteiger partial charge in [-0.3, -0.25) is 9.36 Å². The quantitative estimate of drug-likeness (QED) is 0.376. The van der Waals surface area contributed by atoms with Crippen molar-refractivity contribution in [3.63, 3.8) is 0 Å². The lowest BCUT2D eigenvalue weighted by Gasteiger charge is -2.11. The van der Waals surface area contributed by atoms with Crippen LogP contribution in [0.25, 0.3) is 16.8 Å². The molecule has 1 heterocycles. The maximum atomic E-state index is 12.8. The summed E-state index contributed by atoms with van der Waals surface area (Å²) >= 11 is 18.4. The molecule has 4 aromatic rings. The lowest BCUT2D eigenvalue weighted by atomic mass is 10.1. The van der Waals surface area contributed by atoms with Crippen LogP contribution in [0.5, 0.6) is 0 Å². The van der Waals surface area contributed by atoms with Crippen molar-refractivity contribution in [2.45, 2.75) is 6.54 Å². The smallest absolute Gasteiger partial charge is 0.270 e. The summed E-state index contributed by atoms with van der Waals surface area (Å²) in [6.45, 7) is 0.256. The number of carbonyl (C=O) groups is 1. The third-order valence-electron chi connectivity index (χ3n) is 4.62. The van der Waals surface area contributed by atoms with Crippen molar-refractivity contribution < 1.29 is 4.79 Å². The molecule has 0 saturated carbocycles. The predicted octanol–water partition coefficient (Wildman–Crippen LogP) is 6.43. The van der Waals surface area contributed by atoms with E-state index in [1.807, 2.05) is 54.6 Å². The molecule has 3 aromatic carbocycles. The Kier molecular flexibility index (Phi) is 6.09.